The third-order valence-corrected chi connectivity index (χ3v) is 3.29. The van der Waals surface area contributed by atoms with Gasteiger partial charge in [0.15, 0.2) is 0 Å². The molecule has 104 valence electrons. The molecule has 0 aromatic heterocycles. The van der Waals surface area contributed by atoms with Crippen LogP contribution in [0.5, 0.6) is 5.75 Å². The van der Waals surface area contributed by atoms with Crippen LogP contribution in [0.25, 0.3) is 0 Å². The van der Waals surface area contributed by atoms with Crippen LogP contribution >= 0.6 is 11.6 Å². The molecule has 0 aliphatic heterocycles. The molecule has 0 saturated heterocycles. The fourth-order valence-electron chi connectivity index (χ4n) is 1.91. The number of hydrogen-bond acceptors (Lipinski definition) is 2. The zero-order valence-corrected chi connectivity index (χ0v) is 12.1. The summed E-state index contributed by atoms with van der Waals surface area (Å²) in [5.41, 5.74) is 2.22. The molecule has 0 saturated carbocycles. The van der Waals surface area contributed by atoms with Gasteiger partial charge in [-0.25, -0.2) is 0 Å². The summed E-state index contributed by atoms with van der Waals surface area (Å²) in [6.07, 6.45) is 1.74. The SMILES string of the molecule is C=CCOc1ccccc1CNCc1ccccc1Cl. The van der Waals surface area contributed by atoms with Crippen LogP contribution in [-0.2, 0) is 13.1 Å². The number of hydrogen-bond donors (Lipinski definition) is 1. The summed E-state index contributed by atoms with van der Waals surface area (Å²) in [5, 5.41) is 4.17. The lowest BCUT2D eigenvalue weighted by molar-refractivity contribution is 0.358. The average molecular weight is 288 g/mol. The van der Waals surface area contributed by atoms with E-state index in [9.17, 15) is 0 Å². The molecule has 3 heteroatoms. The number of rotatable bonds is 7. The molecule has 0 unspecified atom stereocenters. The van der Waals surface area contributed by atoms with Gasteiger partial charge in [0.1, 0.15) is 12.4 Å². The number of para-hydroxylation sites is 1. The van der Waals surface area contributed by atoms with E-state index in [2.05, 4.69) is 18.0 Å². The number of halogens is 1. The topological polar surface area (TPSA) is 21.3 Å². The third-order valence-electron chi connectivity index (χ3n) is 2.92. The van der Waals surface area contributed by atoms with Gasteiger partial charge in [0.2, 0.25) is 0 Å². The molecular formula is C17H18ClNO. The Kier molecular flexibility index (Phi) is 5.66. The standard InChI is InChI=1S/C17H18ClNO/c1-2-11-20-17-10-6-4-8-15(17)13-19-12-14-7-3-5-9-16(14)18/h2-10,19H,1,11-13H2. The average Bonchev–Trinajstić information content (AvgIpc) is 2.48. The molecule has 0 amide bonds. The molecule has 0 atom stereocenters. The van der Waals surface area contributed by atoms with Crippen LogP contribution in [-0.4, -0.2) is 6.61 Å². The van der Waals surface area contributed by atoms with Crippen molar-refractivity contribution in [2.75, 3.05) is 6.61 Å². The summed E-state index contributed by atoms with van der Waals surface area (Å²) in [6.45, 7) is 5.64. The highest BCUT2D eigenvalue weighted by Gasteiger charge is 2.03. The second-order valence-corrected chi connectivity index (χ2v) is 4.81. The normalized spacial score (nSPS) is 10.2. The van der Waals surface area contributed by atoms with E-state index in [-0.39, 0.29) is 0 Å². The Bertz CT molecular complexity index is 568. The van der Waals surface area contributed by atoms with Crippen molar-refractivity contribution in [2.24, 2.45) is 0 Å². The van der Waals surface area contributed by atoms with Crippen LogP contribution in [0.2, 0.25) is 5.02 Å². The van der Waals surface area contributed by atoms with Crippen molar-refractivity contribution < 1.29 is 4.74 Å². The smallest absolute Gasteiger partial charge is 0.124 e. The first kappa shape index (κ1) is 14.6. The summed E-state index contributed by atoms with van der Waals surface area (Å²) in [4.78, 5) is 0. The minimum atomic E-state index is 0.515. The Morgan fingerprint density at radius 3 is 2.40 bits per heavy atom. The van der Waals surface area contributed by atoms with Gasteiger partial charge in [0.25, 0.3) is 0 Å². The largest absolute Gasteiger partial charge is 0.489 e. The summed E-state index contributed by atoms with van der Waals surface area (Å²) < 4.78 is 5.63. The van der Waals surface area contributed by atoms with Crippen molar-refractivity contribution >= 4 is 11.6 Å². The van der Waals surface area contributed by atoms with Crippen LogP contribution in [0.15, 0.2) is 61.2 Å². The quantitative estimate of drug-likeness (QED) is 0.771. The Morgan fingerprint density at radius 1 is 1.00 bits per heavy atom. The van der Waals surface area contributed by atoms with Crippen LogP contribution in [0.3, 0.4) is 0 Å². The molecule has 20 heavy (non-hydrogen) atoms. The zero-order chi connectivity index (χ0) is 14.2. The highest BCUT2D eigenvalue weighted by molar-refractivity contribution is 6.31. The third kappa shape index (κ3) is 4.12. The molecule has 0 bridgehead atoms. The maximum absolute atomic E-state index is 6.13. The lowest BCUT2D eigenvalue weighted by atomic mass is 10.2. The lowest BCUT2D eigenvalue weighted by Crippen LogP contribution is -2.14. The second-order valence-electron chi connectivity index (χ2n) is 4.40. The molecule has 0 aliphatic rings. The van der Waals surface area contributed by atoms with Crippen molar-refractivity contribution in [1.29, 1.82) is 0 Å². The second kappa shape index (κ2) is 7.73. The molecule has 1 N–H and O–H groups in total. The predicted molar refractivity (Wildman–Crippen MR) is 84.1 cm³/mol. The summed E-state index contributed by atoms with van der Waals surface area (Å²) in [5.74, 6) is 0.888. The Balaban J connectivity index is 1.94. The van der Waals surface area contributed by atoms with E-state index in [1.807, 2.05) is 42.5 Å². The summed E-state index contributed by atoms with van der Waals surface area (Å²) in [7, 11) is 0. The van der Waals surface area contributed by atoms with Gasteiger partial charge < -0.3 is 10.1 Å². The molecule has 2 aromatic carbocycles. The van der Waals surface area contributed by atoms with E-state index >= 15 is 0 Å². The van der Waals surface area contributed by atoms with Crippen LogP contribution in [0.4, 0.5) is 0 Å². The van der Waals surface area contributed by atoms with E-state index in [4.69, 9.17) is 16.3 Å². The van der Waals surface area contributed by atoms with Crippen LogP contribution in [0.1, 0.15) is 11.1 Å². The van der Waals surface area contributed by atoms with Crippen molar-refractivity contribution in [3.8, 4) is 5.75 Å². The Labute approximate surface area is 125 Å². The molecule has 2 rings (SSSR count). The maximum atomic E-state index is 6.13. The molecule has 0 heterocycles. The Hall–Kier alpha value is -1.77. The van der Waals surface area contributed by atoms with Crippen LogP contribution < -0.4 is 10.1 Å². The van der Waals surface area contributed by atoms with Gasteiger partial charge in [-0.05, 0) is 17.7 Å². The molecule has 2 aromatic rings. The van der Waals surface area contributed by atoms with Gasteiger partial charge >= 0.3 is 0 Å². The zero-order valence-electron chi connectivity index (χ0n) is 11.3. The predicted octanol–water partition coefficient (Wildman–Crippen LogP) is 4.19. The first-order chi connectivity index (χ1) is 9.81. The molecule has 0 aliphatic carbocycles. The van der Waals surface area contributed by atoms with Crippen molar-refractivity contribution in [2.45, 2.75) is 13.1 Å². The monoisotopic (exact) mass is 287 g/mol. The van der Waals surface area contributed by atoms with E-state index in [1.54, 1.807) is 6.08 Å². The highest BCUT2D eigenvalue weighted by atomic mass is 35.5. The highest BCUT2D eigenvalue weighted by Crippen LogP contribution is 2.19. The number of benzene rings is 2. The fraction of sp³-hybridized carbons (Fsp3) is 0.176. The molecule has 0 fully saturated rings. The summed E-state index contributed by atoms with van der Waals surface area (Å²) in [6, 6.07) is 15.8. The molecule has 2 nitrogen and oxygen atoms in total. The summed E-state index contributed by atoms with van der Waals surface area (Å²) >= 11 is 6.13. The first-order valence-electron chi connectivity index (χ1n) is 6.57. The van der Waals surface area contributed by atoms with E-state index in [0.717, 1.165) is 35.0 Å². The van der Waals surface area contributed by atoms with E-state index in [1.165, 1.54) is 0 Å². The molecule has 0 spiro atoms. The van der Waals surface area contributed by atoms with Gasteiger partial charge in [0, 0.05) is 23.7 Å². The number of nitrogens with one attached hydrogen (secondary N) is 1. The number of ether oxygens (including phenoxy) is 1. The fourth-order valence-corrected chi connectivity index (χ4v) is 2.12. The van der Waals surface area contributed by atoms with Crippen LogP contribution in [0, 0.1) is 0 Å². The van der Waals surface area contributed by atoms with Crippen molar-refractivity contribution in [3.63, 3.8) is 0 Å². The van der Waals surface area contributed by atoms with Gasteiger partial charge in [-0.2, -0.15) is 0 Å². The van der Waals surface area contributed by atoms with E-state index < -0.39 is 0 Å². The minimum absolute atomic E-state index is 0.515. The molecule has 0 radical (unpaired) electrons. The molecular weight excluding hydrogens is 270 g/mol. The minimum Gasteiger partial charge on any atom is -0.489 e. The Morgan fingerprint density at radius 2 is 1.65 bits per heavy atom. The van der Waals surface area contributed by atoms with Crippen molar-refractivity contribution in [3.05, 3.63) is 77.3 Å². The van der Waals surface area contributed by atoms with Gasteiger partial charge in [0.05, 0.1) is 0 Å². The lowest BCUT2D eigenvalue weighted by Gasteiger charge is -2.11. The first-order valence-corrected chi connectivity index (χ1v) is 6.95. The van der Waals surface area contributed by atoms with Gasteiger partial charge in [-0.1, -0.05) is 60.7 Å². The van der Waals surface area contributed by atoms with Gasteiger partial charge in [-0.15, -0.1) is 0 Å². The van der Waals surface area contributed by atoms with Crippen molar-refractivity contribution in [1.82, 2.24) is 5.32 Å². The van der Waals surface area contributed by atoms with E-state index in [0.29, 0.717) is 6.61 Å². The maximum Gasteiger partial charge on any atom is 0.124 e. The van der Waals surface area contributed by atoms with Gasteiger partial charge in [-0.3, -0.25) is 0 Å².